The molecule has 0 bridgehead atoms. The molecular formula is C27H26N4O3. The van der Waals surface area contributed by atoms with E-state index in [1.165, 1.54) is 6.20 Å². The smallest absolute Gasteiger partial charge is 0.355 e. The van der Waals surface area contributed by atoms with Crippen LogP contribution in [0.4, 0.5) is 0 Å². The average Bonchev–Trinajstić information content (AvgIpc) is 3.27. The summed E-state index contributed by atoms with van der Waals surface area (Å²) in [6.07, 6.45) is 5.38. The number of aromatic nitrogens is 4. The van der Waals surface area contributed by atoms with Gasteiger partial charge in [-0.25, -0.2) is 19.4 Å². The van der Waals surface area contributed by atoms with Gasteiger partial charge in [-0.05, 0) is 23.6 Å². The summed E-state index contributed by atoms with van der Waals surface area (Å²) in [5.74, 6) is -0.258. The molecule has 2 aromatic carbocycles. The Hall–Kier alpha value is -4.13. The van der Waals surface area contributed by atoms with E-state index in [0.29, 0.717) is 17.7 Å². The molecule has 34 heavy (non-hydrogen) atoms. The van der Waals surface area contributed by atoms with Gasteiger partial charge in [0.25, 0.3) is 0 Å². The Balaban J connectivity index is 1.59. The van der Waals surface area contributed by atoms with Crippen molar-refractivity contribution in [1.82, 2.24) is 19.7 Å². The SMILES string of the molecule is CCCCCc1nc(C(=O)c2ccccc2)nn1Cc1ccc(-c2cccnc2C(=O)O)cc1. The van der Waals surface area contributed by atoms with E-state index in [2.05, 4.69) is 22.0 Å². The summed E-state index contributed by atoms with van der Waals surface area (Å²) in [6, 6.07) is 20.1. The lowest BCUT2D eigenvalue weighted by atomic mass is 10.0. The van der Waals surface area contributed by atoms with Gasteiger partial charge >= 0.3 is 5.97 Å². The lowest BCUT2D eigenvalue weighted by molar-refractivity contribution is 0.0691. The molecular weight excluding hydrogens is 428 g/mol. The van der Waals surface area contributed by atoms with Gasteiger partial charge in [-0.15, -0.1) is 5.10 Å². The summed E-state index contributed by atoms with van der Waals surface area (Å²) in [6.45, 7) is 2.62. The van der Waals surface area contributed by atoms with Gasteiger partial charge in [0.15, 0.2) is 5.69 Å². The second kappa shape index (κ2) is 10.7. The van der Waals surface area contributed by atoms with Gasteiger partial charge in [0, 0.05) is 23.7 Å². The third-order valence-corrected chi connectivity index (χ3v) is 5.60. The van der Waals surface area contributed by atoms with E-state index in [-0.39, 0.29) is 17.3 Å². The molecule has 4 rings (SSSR count). The summed E-state index contributed by atoms with van der Waals surface area (Å²) >= 11 is 0. The molecule has 0 saturated heterocycles. The second-order valence-electron chi connectivity index (χ2n) is 8.06. The minimum absolute atomic E-state index is 0.0220. The molecule has 0 aliphatic rings. The van der Waals surface area contributed by atoms with Crippen LogP contribution in [0.3, 0.4) is 0 Å². The van der Waals surface area contributed by atoms with Crippen molar-refractivity contribution in [3.05, 3.63) is 101 Å². The van der Waals surface area contributed by atoms with Crippen molar-refractivity contribution in [1.29, 1.82) is 0 Å². The van der Waals surface area contributed by atoms with Gasteiger partial charge in [-0.1, -0.05) is 80.4 Å². The van der Waals surface area contributed by atoms with Crippen LogP contribution in [0.15, 0.2) is 72.9 Å². The largest absolute Gasteiger partial charge is 0.476 e. The zero-order chi connectivity index (χ0) is 23.9. The van der Waals surface area contributed by atoms with E-state index in [1.54, 1.807) is 28.9 Å². The molecule has 0 unspecified atom stereocenters. The number of unbranched alkanes of at least 4 members (excludes halogenated alkanes) is 2. The van der Waals surface area contributed by atoms with Crippen LogP contribution in [0.25, 0.3) is 11.1 Å². The number of rotatable bonds is 10. The number of carboxylic acid groups (broad SMARTS) is 1. The van der Waals surface area contributed by atoms with Crippen molar-refractivity contribution in [2.24, 2.45) is 0 Å². The number of carboxylic acids is 1. The van der Waals surface area contributed by atoms with Crippen molar-refractivity contribution in [2.45, 2.75) is 39.2 Å². The zero-order valence-corrected chi connectivity index (χ0v) is 19.0. The molecule has 172 valence electrons. The van der Waals surface area contributed by atoms with E-state index in [9.17, 15) is 14.7 Å². The van der Waals surface area contributed by atoms with Crippen LogP contribution in [-0.2, 0) is 13.0 Å². The third-order valence-electron chi connectivity index (χ3n) is 5.60. The lowest BCUT2D eigenvalue weighted by Gasteiger charge is -2.08. The normalized spacial score (nSPS) is 10.9. The van der Waals surface area contributed by atoms with Gasteiger partial charge in [0.05, 0.1) is 6.54 Å². The van der Waals surface area contributed by atoms with Crippen LogP contribution in [-0.4, -0.2) is 36.6 Å². The van der Waals surface area contributed by atoms with Crippen LogP contribution < -0.4 is 0 Å². The Kier molecular flexibility index (Phi) is 7.22. The number of benzene rings is 2. The number of pyridine rings is 1. The van der Waals surface area contributed by atoms with E-state index in [1.807, 2.05) is 42.5 Å². The summed E-state index contributed by atoms with van der Waals surface area (Å²) in [4.78, 5) is 33.0. The monoisotopic (exact) mass is 454 g/mol. The third kappa shape index (κ3) is 5.26. The van der Waals surface area contributed by atoms with E-state index in [4.69, 9.17) is 0 Å². The zero-order valence-electron chi connectivity index (χ0n) is 19.0. The van der Waals surface area contributed by atoms with Gasteiger partial charge in [-0.2, -0.15) is 0 Å². The highest BCUT2D eigenvalue weighted by atomic mass is 16.4. The summed E-state index contributed by atoms with van der Waals surface area (Å²) < 4.78 is 1.80. The fourth-order valence-electron chi connectivity index (χ4n) is 3.81. The number of carbonyl (C=O) groups is 2. The van der Waals surface area contributed by atoms with Crippen molar-refractivity contribution in [3.63, 3.8) is 0 Å². The molecule has 1 N–H and O–H groups in total. The minimum atomic E-state index is -1.06. The van der Waals surface area contributed by atoms with Gasteiger partial charge < -0.3 is 5.11 Å². The average molecular weight is 455 g/mol. The van der Waals surface area contributed by atoms with Crippen molar-refractivity contribution >= 4 is 11.8 Å². The molecule has 4 aromatic rings. The maximum atomic E-state index is 12.9. The van der Waals surface area contributed by atoms with Gasteiger partial charge in [0.1, 0.15) is 5.82 Å². The Morgan fingerprint density at radius 1 is 0.941 bits per heavy atom. The van der Waals surface area contributed by atoms with Crippen molar-refractivity contribution in [3.8, 4) is 11.1 Å². The highest BCUT2D eigenvalue weighted by Crippen LogP contribution is 2.23. The highest BCUT2D eigenvalue weighted by Gasteiger charge is 2.18. The standard InChI is InChI=1S/C27H26N4O3/c1-2-3-5-12-23-29-26(25(32)21-9-6-4-7-10-21)30-31(23)18-19-13-15-20(16-14-19)22-11-8-17-28-24(22)27(33)34/h4,6-11,13-17H,2-3,5,12,18H2,1H3,(H,33,34). The van der Waals surface area contributed by atoms with Crippen LogP contribution in [0.1, 0.15) is 64.2 Å². The molecule has 2 aromatic heterocycles. The molecule has 0 aliphatic heterocycles. The van der Waals surface area contributed by atoms with Gasteiger partial charge in [-0.3, -0.25) is 4.79 Å². The van der Waals surface area contributed by atoms with Crippen molar-refractivity contribution in [2.75, 3.05) is 0 Å². The molecule has 0 fully saturated rings. The molecule has 0 amide bonds. The minimum Gasteiger partial charge on any atom is -0.476 e. The fourth-order valence-corrected chi connectivity index (χ4v) is 3.81. The molecule has 0 radical (unpaired) electrons. The first-order valence-electron chi connectivity index (χ1n) is 11.4. The summed E-state index contributed by atoms with van der Waals surface area (Å²) in [7, 11) is 0. The number of nitrogens with zero attached hydrogens (tertiary/aromatic N) is 4. The Bertz CT molecular complexity index is 1280. The fraction of sp³-hybridized carbons (Fsp3) is 0.222. The summed E-state index contributed by atoms with van der Waals surface area (Å²) in [5, 5.41) is 14.0. The molecule has 2 heterocycles. The van der Waals surface area contributed by atoms with E-state index in [0.717, 1.165) is 42.6 Å². The molecule has 0 atom stereocenters. The van der Waals surface area contributed by atoms with Crippen LogP contribution in [0.2, 0.25) is 0 Å². The summed E-state index contributed by atoms with van der Waals surface area (Å²) in [5.41, 5.74) is 2.91. The van der Waals surface area contributed by atoms with E-state index >= 15 is 0 Å². The lowest BCUT2D eigenvalue weighted by Crippen LogP contribution is -2.08. The van der Waals surface area contributed by atoms with Crippen LogP contribution in [0, 0.1) is 0 Å². The van der Waals surface area contributed by atoms with Crippen LogP contribution >= 0.6 is 0 Å². The quantitative estimate of drug-likeness (QED) is 0.266. The highest BCUT2D eigenvalue weighted by molar-refractivity contribution is 6.06. The number of aryl methyl sites for hydroxylation is 1. The molecule has 0 saturated carbocycles. The second-order valence-corrected chi connectivity index (χ2v) is 8.06. The topological polar surface area (TPSA) is 98.0 Å². The maximum absolute atomic E-state index is 12.9. The first-order valence-corrected chi connectivity index (χ1v) is 11.4. The van der Waals surface area contributed by atoms with E-state index < -0.39 is 5.97 Å². The van der Waals surface area contributed by atoms with Gasteiger partial charge in [0.2, 0.25) is 11.6 Å². The number of aromatic carboxylic acids is 1. The van der Waals surface area contributed by atoms with Crippen LogP contribution in [0.5, 0.6) is 0 Å². The Labute approximate surface area is 198 Å². The molecule has 7 nitrogen and oxygen atoms in total. The first-order chi connectivity index (χ1) is 16.6. The predicted octanol–water partition coefficient (Wildman–Crippen LogP) is 5.05. The molecule has 7 heteroatoms. The number of ketones is 1. The predicted molar refractivity (Wildman–Crippen MR) is 129 cm³/mol. The Morgan fingerprint density at radius 3 is 2.41 bits per heavy atom. The molecule has 0 spiro atoms. The van der Waals surface area contributed by atoms with Crippen molar-refractivity contribution < 1.29 is 14.7 Å². The Morgan fingerprint density at radius 2 is 1.71 bits per heavy atom. The number of hydrogen-bond acceptors (Lipinski definition) is 5. The first kappa shape index (κ1) is 23.0. The maximum Gasteiger partial charge on any atom is 0.355 e. The number of carbonyl (C=O) groups excluding carboxylic acids is 1. The molecule has 0 aliphatic carbocycles. The number of hydrogen-bond donors (Lipinski definition) is 1.